The summed E-state index contributed by atoms with van der Waals surface area (Å²) in [5, 5.41) is 15.3. The number of benzene rings is 1. The van der Waals surface area contributed by atoms with Crippen molar-refractivity contribution in [3.63, 3.8) is 0 Å². The highest BCUT2D eigenvalue weighted by molar-refractivity contribution is 5.80. The molecular weight excluding hydrogens is 484 g/mol. The summed E-state index contributed by atoms with van der Waals surface area (Å²) in [6.45, 7) is 5.33. The van der Waals surface area contributed by atoms with Crippen LogP contribution in [-0.4, -0.2) is 46.9 Å². The fraction of sp³-hybridized carbons (Fsp3) is 0.700. The van der Waals surface area contributed by atoms with Gasteiger partial charge >= 0.3 is 18.0 Å². The lowest BCUT2D eigenvalue weighted by molar-refractivity contribution is -0.155. The second-order valence-electron chi connectivity index (χ2n) is 11.4. The van der Waals surface area contributed by atoms with E-state index in [1.165, 1.54) is 64.2 Å². The van der Waals surface area contributed by atoms with Crippen molar-refractivity contribution in [1.29, 1.82) is 0 Å². The van der Waals surface area contributed by atoms with E-state index in [-0.39, 0.29) is 25.9 Å². The highest BCUT2D eigenvalue weighted by atomic mass is 16.6. The van der Waals surface area contributed by atoms with E-state index >= 15 is 0 Å². The van der Waals surface area contributed by atoms with Crippen molar-refractivity contribution in [3.05, 3.63) is 35.9 Å². The van der Waals surface area contributed by atoms with Crippen LogP contribution in [0.5, 0.6) is 0 Å². The van der Waals surface area contributed by atoms with Gasteiger partial charge in [-0.15, -0.1) is 0 Å². The zero-order valence-electron chi connectivity index (χ0n) is 23.5. The maximum absolute atomic E-state index is 11.7. The van der Waals surface area contributed by atoms with Crippen LogP contribution in [0.4, 0.5) is 4.79 Å². The molecule has 0 aromatic heterocycles. The first-order chi connectivity index (χ1) is 18.1. The van der Waals surface area contributed by atoms with Crippen LogP contribution >= 0.6 is 0 Å². The average Bonchev–Trinajstić information content (AvgIpc) is 2.88. The fourth-order valence-electron chi connectivity index (χ4n) is 4.88. The summed E-state index contributed by atoms with van der Waals surface area (Å²) < 4.78 is 10.1. The molecule has 1 amide bonds. The summed E-state index contributed by atoms with van der Waals surface area (Å²) in [5.74, 6) is -1.58. The van der Waals surface area contributed by atoms with Gasteiger partial charge in [-0.1, -0.05) is 68.9 Å². The summed E-state index contributed by atoms with van der Waals surface area (Å²) >= 11 is 0. The normalized spacial score (nSPS) is 17.4. The number of carbonyl (C=O) groups is 3. The van der Waals surface area contributed by atoms with Crippen molar-refractivity contribution in [2.45, 2.75) is 135 Å². The van der Waals surface area contributed by atoms with Crippen molar-refractivity contribution in [2.24, 2.45) is 0 Å². The molecule has 0 saturated heterocycles. The van der Waals surface area contributed by atoms with E-state index in [0.717, 1.165) is 17.6 Å². The molecule has 2 fully saturated rings. The minimum Gasteiger partial charge on any atom is -0.480 e. The fourth-order valence-corrected chi connectivity index (χ4v) is 4.88. The van der Waals surface area contributed by atoms with Crippen LogP contribution in [0, 0.1) is 0 Å². The molecule has 3 rings (SSSR count). The van der Waals surface area contributed by atoms with Crippen LogP contribution in [0.25, 0.3) is 0 Å². The second kappa shape index (κ2) is 17.1. The van der Waals surface area contributed by atoms with Crippen molar-refractivity contribution < 1.29 is 29.0 Å². The molecule has 0 radical (unpaired) electrons. The maximum atomic E-state index is 11.7. The number of carboxylic acid groups (broad SMARTS) is 1. The average molecular weight is 533 g/mol. The summed E-state index contributed by atoms with van der Waals surface area (Å²) in [6.07, 6.45) is 14.2. The zero-order valence-corrected chi connectivity index (χ0v) is 23.5. The third-order valence-corrected chi connectivity index (χ3v) is 6.78. The number of alkyl carbamates (subject to hydrolysis) is 1. The molecule has 2 aliphatic rings. The van der Waals surface area contributed by atoms with Gasteiger partial charge in [-0.2, -0.15) is 0 Å². The predicted octanol–water partition coefficient (Wildman–Crippen LogP) is 6.12. The first-order valence-electron chi connectivity index (χ1n) is 14.3. The summed E-state index contributed by atoms with van der Waals surface area (Å²) in [7, 11) is 0. The van der Waals surface area contributed by atoms with E-state index in [0.29, 0.717) is 0 Å². The number of aliphatic carboxylic acids is 1. The van der Waals surface area contributed by atoms with Crippen LogP contribution in [0.1, 0.15) is 110 Å². The molecule has 1 unspecified atom stereocenters. The van der Waals surface area contributed by atoms with Crippen molar-refractivity contribution in [1.82, 2.24) is 10.6 Å². The molecule has 214 valence electrons. The number of amides is 1. The number of rotatable bonds is 10. The lowest BCUT2D eigenvalue weighted by atomic mass is 9.91. The molecule has 3 N–H and O–H groups in total. The van der Waals surface area contributed by atoms with Crippen LogP contribution in [0.15, 0.2) is 30.3 Å². The Labute approximate surface area is 228 Å². The molecule has 0 spiro atoms. The maximum Gasteiger partial charge on any atom is 0.408 e. The van der Waals surface area contributed by atoms with Crippen molar-refractivity contribution >= 4 is 18.0 Å². The summed E-state index contributed by atoms with van der Waals surface area (Å²) in [6, 6.07) is 9.68. The number of esters is 1. The molecule has 8 heteroatoms. The molecule has 8 nitrogen and oxygen atoms in total. The van der Waals surface area contributed by atoms with Gasteiger partial charge in [-0.3, -0.25) is 4.79 Å². The third-order valence-electron chi connectivity index (χ3n) is 6.78. The Kier molecular flexibility index (Phi) is 14.2. The smallest absolute Gasteiger partial charge is 0.408 e. The van der Waals surface area contributed by atoms with E-state index in [2.05, 4.69) is 10.6 Å². The monoisotopic (exact) mass is 532 g/mol. The molecular formula is C30H48N2O6. The minimum atomic E-state index is -1.18. The zero-order chi connectivity index (χ0) is 27.8. The Balaban J connectivity index is 0.000000323. The van der Waals surface area contributed by atoms with E-state index in [4.69, 9.17) is 9.47 Å². The Morgan fingerprint density at radius 2 is 1.47 bits per heavy atom. The molecule has 0 aliphatic heterocycles. The van der Waals surface area contributed by atoms with Crippen molar-refractivity contribution in [3.8, 4) is 0 Å². The molecule has 1 aromatic rings. The van der Waals surface area contributed by atoms with E-state index in [1.807, 2.05) is 18.2 Å². The van der Waals surface area contributed by atoms with Gasteiger partial charge in [0, 0.05) is 18.5 Å². The Bertz CT molecular complexity index is 811. The third kappa shape index (κ3) is 14.4. The van der Waals surface area contributed by atoms with Gasteiger partial charge in [0.25, 0.3) is 0 Å². The number of ether oxygens (including phenoxy) is 2. The molecule has 0 bridgehead atoms. The lowest BCUT2D eigenvalue weighted by Gasteiger charge is -2.30. The highest BCUT2D eigenvalue weighted by Crippen LogP contribution is 2.22. The minimum absolute atomic E-state index is 0.0525. The SMILES string of the molecule is C1CCC(NC2CCCCC2)CC1.CC(C)(C)OC(=O)CCCC(NC(=O)OCc1ccccc1)C(=O)O. The number of carboxylic acids is 1. The van der Waals surface area contributed by atoms with Crippen LogP contribution < -0.4 is 10.6 Å². The standard InChI is InChI=1S/C18H25NO6.C12H23N/c1-18(2,3)25-15(20)11-7-10-14(16(21)22)19-17(23)24-12-13-8-5-4-6-9-13;1-3-7-11(8-4-1)13-12-9-5-2-6-10-12/h4-6,8-9,14H,7,10-12H2,1-3H3,(H,19,23)(H,21,22);11-13H,1-10H2. The van der Waals surface area contributed by atoms with Gasteiger partial charge < -0.3 is 25.2 Å². The van der Waals surface area contributed by atoms with E-state index < -0.39 is 29.7 Å². The van der Waals surface area contributed by atoms with Gasteiger partial charge in [0.2, 0.25) is 0 Å². The van der Waals surface area contributed by atoms with Gasteiger partial charge in [-0.25, -0.2) is 9.59 Å². The van der Waals surface area contributed by atoms with Gasteiger partial charge in [0.1, 0.15) is 18.2 Å². The number of hydrogen-bond donors (Lipinski definition) is 3. The largest absolute Gasteiger partial charge is 0.480 e. The predicted molar refractivity (Wildman–Crippen MR) is 148 cm³/mol. The van der Waals surface area contributed by atoms with E-state index in [1.54, 1.807) is 32.9 Å². The Morgan fingerprint density at radius 1 is 0.921 bits per heavy atom. The van der Waals surface area contributed by atoms with Gasteiger partial charge in [0.15, 0.2) is 0 Å². The highest BCUT2D eigenvalue weighted by Gasteiger charge is 2.22. The molecule has 2 saturated carbocycles. The molecule has 0 heterocycles. The topological polar surface area (TPSA) is 114 Å². The van der Waals surface area contributed by atoms with Crippen LogP contribution in [0.3, 0.4) is 0 Å². The Morgan fingerprint density at radius 3 is 1.97 bits per heavy atom. The lowest BCUT2D eigenvalue weighted by Crippen LogP contribution is -2.41. The van der Waals surface area contributed by atoms with Crippen molar-refractivity contribution in [2.75, 3.05) is 0 Å². The number of nitrogens with one attached hydrogen (secondary N) is 2. The number of hydrogen-bond acceptors (Lipinski definition) is 6. The first-order valence-corrected chi connectivity index (χ1v) is 14.3. The summed E-state index contributed by atoms with van der Waals surface area (Å²) in [5.41, 5.74) is 0.220. The molecule has 1 atom stereocenters. The van der Waals surface area contributed by atoms with E-state index in [9.17, 15) is 19.5 Å². The first kappa shape index (κ1) is 31.6. The molecule has 2 aliphatic carbocycles. The number of carbonyl (C=O) groups excluding carboxylic acids is 2. The molecule has 1 aromatic carbocycles. The van der Waals surface area contributed by atoms with Gasteiger partial charge in [0.05, 0.1) is 0 Å². The summed E-state index contributed by atoms with van der Waals surface area (Å²) in [4.78, 5) is 34.6. The Hall–Kier alpha value is -2.61. The van der Waals surface area contributed by atoms with Gasteiger partial charge in [-0.05, 0) is 64.9 Å². The quantitative estimate of drug-likeness (QED) is 0.311. The second-order valence-corrected chi connectivity index (χ2v) is 11.4. The molecule has 38 heavy (non-hydrogen) atoms. The van der Waals surface area contributed by atoms with Crippen LogP contribution in [0.2, 0.25) is 0 Å². The van der Waals surface area contributed by atoms with Crippen LogP contribution in [-0.2, 0) is 25.7 Å².